The molecule has 0 saturated carbocycles. The molecule has 7 nitrogen and oxygen atoms in total. The SMILES string of the molecule is CN1C(=O)NC(c2cccc(Oc3ccccc3)c2)C2=C1CN(Cc1ccco1)C2=O. The highest BCUT2D eigenvalue weighted by Gasteiger charge is 2.43. The van der Waals surface area contributed by atoms with Gasteiger partial charge in [0.1, 0.15) is 17.3 Å². The molecule has 1 atom stereocenters. The average Bonchev–Trinajstić information content (AvgIpc) is 3.41. The molecule has 0 aliphatic carbocycles. The number of likely N-dealkylation sites (N-methyl/N-ethyl adjacent to an activating group) is 1. The van der Waals surface area contributed by atoms with Gasteiger partial charge in [0.05, 0.1) is 36.7 Å². The summed E-state index contributed by atoms with van der Waals surface area (Å²) in [5, 5.41) is 2.96. The fourth-order valence-electron chi connectivity index (χ4n) is 3.97. The molecule has 2 aliphatic heterocycles. The zero-order valence-electron chi connectivity index (χ0n) is 16.9. The molecule has 3 aromatic rings. The monoisotopic (exact) mass is 415 g/mol. The third kappa shape index (κ3) is 3.54. The van der Waals surface area contributed by atoms with Crippen LogP contribution in [0.1, 0.15) is 17.4 Å². The number of nitrogens with one attached hydrogen (secondary N) is 1. The predicted molar refractivity (Wildman–Crippen MR) is 113 cm³/mol. The lowest BCUT2D eigenvalue weighted by molar-refractivity contribution is -0.126. The first kappa shape index (κ1) is 19.0. The summed E-state index contributed by atoms with van der Waals surface area (Å²) in [6, 6.07) is 19.8. The molecule has 3 heterocycles. The maximum atomic E-state index is 13.3. The lowest BCUT2D eigenvalue weighted by Crippen LogP contribution is -2.45. The van der Waals surface area contributed by atoms with Crippen LogP contribution in [0.3, 0.4) is 0 Å². The number of furan rings is 1. The van der Waals surface area contributed by atoms with Crippen LogP contribution in [0, 0.1) is 0 Å². The van der Waals surface area contributed by atoms with Crippen molar-refractivity contribution in [3.63, 3.8) is 0 Å². The van der Waals surface area contributed by atoms with Crippen LogP contribution in [0.25, 0.3) is 0 Å². The van der Waals surface area contributed by atoms with Gasteiger partial charge in [-0.3, -0.25) is 9.69 Å². The van der Waals surface area contributed by atoms with Crippen LogP contribution in [-0.2, 0) is 11.3 Å². The zero-order chi connectivity index (χ0) is 21.4. The first-order valence-electron chi connectivity index (χ1n) is 10.0. The lowest BCUT2D eigenvalue weighted by Gasteiger charge is -2.31. The first-order valence-corrected chi connectivity index (χ1v) is 10.0. The molecule has 0 spiro atoms. The average molecular weight is 415 g/mol. The molecule has 1 aromatic heterocycles. The Kier molecular flexibility index (Phi) is 4.71. The van der Waals surface area contributed by atoms with Crippen molar-refractivity contribution in [2.45, 2.75) is 12.6 Å². The Labute approximate surface area is 179 Å². The van der Waals surface area contributed by atoms with Crippen molar-refractivity contribution >= 4 is 11.9 Å². The minimum atomic E-state index is -0.549. The summed E-state index contributed by atoms with van der Waals surface area (Å²) in [7, 11) is 1.68. The number of ether oxygens (including phenoxy) is 1. The van der Waals surface area contributed by atoms with Crippen molar-refractivity contribution in [3.05, 3.63) is 95.6 Å². The highest BCUT2D eigenvalue weighted by molar-refractivity contribution is 6.01. The van der Waals surface area contributed by atoms with Gasteiger partial charge in [-0.15, -0.1) is 0 Å². The standard InChI is InChI=1S/C24H21N3O4/c1-26-20-15-27(14-19-11-6-12-30-19)23(28)21(20)22(25-24(26)29)16-7-5-10-18(13-16)31-17-8-3-2-4-9-17/h2-13,22H,14-15H2,1H3,(H,25,29). The number of rotatable bonds is 5. The lowest BCUT2D eigenvalue weighted by atomic mass is 9.95. The van der Waals surface area contributed by atoms with E-state index in [4.69, 9.17) is 9.15 Å². The number of carbonyl (C=O) groups excluding carboxylic acids is 2. The van der Waals surface area contributed by atoms with Gasteiger partial charge in [0.25, 0.3) is 5.91 Å². The van der Waals surface area contributed by atoms with Crippen LogP contribution in [0.4, 0.5) is 4.79 Å². The van der Waals surface area contributed by atoms with Crippen molar-refractivity contribution < 1.29 is 18.7 Å². The molecule has 2 aliphatic rings. The molecule has 3 amide bonds. The highest BCUT2D eigenvalue weighted by Crippen LogP contribution is 2.37. The number of carbonyl (C=O) groups is 2. The topological polar surface area (TPSA) is 75.0 Å². The fraction of sp³-hybridized carbons (Fsp3) is 0.167. The van der Waals surface area contributed by atoms with E-state index in [1.54, 1.807) is 24.3 Å². The maximum absolute atomic E-state index is 13.3. The van der Waals surface area contributed by atoms with E-state index in [0.29, 0.717) is 41.6 Å². The molecule has 156 valence electrons. The quantitative estimate of drug-likeness (QED) is 0.682. The van der Waals surface area contributed by atoms with Gasteiger partial charge in [0.15, 0.2) is 0 Å². The number of hydrogen-bond donors (Lipinski definition) is 1. The number of urea groups is 1. The van der Waals surface area contributed by atoms with Crippen LogP contribution < -0.4 is 10.1 Å². The molecule has 0 saturated heterocycles. The number of benzene rings is 2. The van der Waals surface area contributed by atoms with Gasteiger partial charge < -0.3 is 19.4 Å². The summed E-state index contributed by atoms with van der Waals surface area (Å²) < 4.78 is 11.3. The Hall–Kier alpha value is -4.00. The molecule has 0 bridgehead atoms. The van der Waals surface area contributed by atoms with Crippen molar-refractivity contribution in [1.82, 2.24) is 15.1 Å². The summed E-state index contributed by atoms with van der Waals surface area (Å²) in [5.74, 6) is 1.94. The summed E-state index contributed by atoms with van der Waals surface area (Å²) in [6.07, 6.45) is 1.58. The summed E-state index contributed by atoms with van der Waals surface area (Å²) in [6.45, 7) is 0.709. The van der Waals surface area contributed by atoms with E-state index in [1.807, 2.05) is 60.7 Å². The van der Waals surface area contributed by atoms with Crippen molar-refractivity contribution in [1.29, 1.82) is 0 Å². The van der Waals surface area contributed by atoms with Crippen molar-refractivity contribution in [2.24, 2.45) is 0 Å². The van der Waals surface area contributed by atoms with Gasteiger partial charge in [-0.25, -0.2) is 4.79 Å². The Bertz CT molecular complexity index is 1150. The minimum Gasteiger partial charge on any atom is -0.467 e. The van der Waals surface area contributed by atoms with Crippen LogP contribution in [0.5, 0.6) is 11.5 Å². The number of amides is 3. The van der Waals surface area contributed by atoms with E-state index >= 15 is 0 Å². The molecule has 5 rings (SSSR count). The van der Waals surface area contributed by atoms with E-state index in [2.05, 4.69) is 5.32 Å². The Morgan fingerprint density at radius 2 is 1.84 bits per heavy atom. The van der Waals surface area contributed by atoms with Gasteiger partial charge >= 0.3 is 6.03 Å². The third-order valence-corrected chi connectivity index (χ3v) is 5.53. The van der Waals surface area contributed by atoms with Gasteiger partial charge in [-0.2, -0.15) is 0 Å². The van der Waals surface area contributed by atoms with Crippen LogP contribution in [0.2, 0.25) is 0 Å². The highest BCUT2D eigenvalue weighted by atomic mass is 16.5. The molecule has 0 radical (unpaired) electrons. The molecule has 2 aromatic carbocycles. The second kappa shape index (κ2) is 7.68. The molecule has 1 N–H and O–H groups in total. The van der Waals surface area contributed by atoms with Crippen LogP contribution in [-0.4, -0.2) is 35.3 Å². The van der Waals surface area contributed by atoms with E-state index in [-0.39, 0.29) is 11.9 Å². The van der Waals surface area contributed by atoms with Gasteiger partial charge in [-0.1, -0.05) is 30.3 Å². The number of hydrogen-bond acceptors (Lipinski definition) is 4. The van der Waals surface area contributed by atoms with Crippen LogP contribution >= 0.6 is 0 Å². The second-order valence-corrected chi connectivity index (χ2v) is 7.53. The minimum absolute atomic E-state index is 0.113. The smallest absolute Gasteiger partial charge is 0.322 e. The zero-order valence-corrected chi connectivity index (χ0v) is 16.9. The molecule has 0 fully saturated rings. The summed E-state index contributed by atoms with van der Waals surface area (Å²) in [5.41, 5.74) is 2.07. The Morgan fingerprint density at radius 3 is 2.61 bits per heavy atom. The normalized spacial score (nSPS) is 18.3. The first-order chi connectivity index (χ1) is 15.1. The fourth-order valence-corrected chi connectivity index (χ4v) is 3.97. The van der Waals surface area contributed by atoms with Gasteiger partial charge in [0, 0.05) is 7.05 Å². The molecular weight excluding hydrogens is 394 g/mol. The summed E-state index contributed by atoms with van der Waals surface area (Å²) in [4.78, 5) is 29.1. The van der Waals surface area contributed by atoms with Gasteiger partial charge in [-0.05, 0) is 42.0 Å². The van der Waals surface area contributed by atoms with E-state index < -0.39 is 6.04 Å². The summed E-state index contributed by atoms with van der Waals surface area (Å²) >= 11 is 0. The van der Waals surface area contributed by atoms with E-state index in [1.165, 1.54) is 4.90 Å². The van der Waals surface area contributed by atoms with E-state index in [0.717, 1.165) is 5.56 Å². The Balaban J connectivity index is 1.45. The van der Waals surface area contributed by atoms with E-state index in [9.17, 15) is 9.59 Å². The molecule has 31 heavy (non-hydrogen) atoms. The van der Waals surface area contributed by atoms with Crippen LogP contribution in [0.15, 0.2) is 88.7 Å². The maximum Gasteiger partial charge on any atom is 0.322 e. The second-order valence-electron chi connectivity index (χ2n) is 7.53. The third-order valence-electron chi connectivity index (χ3n) is 5.53. The molecule has 7 heteroatoms. The Morgan fingerprint density at radius 1 is 1.03 bits per heavy atom. The van der Waals surface area contributed by atoms with Crippen molar-refractivity contribution in [2.75, 3.05) is 13.6 Å². The largest absolute Gasteiger partial charge is 0.467 e. The predicted octanol–water partition coefficient (Wildman–Crippen LogP) is 4.06. The molecular formula is C24H21N3O4. The number of para-hydroxylation sites is 1. The number of nitrogens with zero attached hydrogens (tertiary/aromatic N) is 2. The molecule has 1 unspecified atom stereocenters. The van der Waals surface area contributed by atoms with Gasteiger partial charge in [0.2, 0.25) is 0 Å². The van der Waals surface area contributed by atoms with Crippen molar-refractivity contribution in [3.8, 4) is 11.5 Å².